The summed E-state index contributed by atoms with van der Waals surface area (Å²) in [6.45, 7) is 0.0382. The van der Waals surface area contributed by atoms with Gasteiger partial charge in [0.15, 0.2) is 0 Å². The Morgan fingerprint density at radius 1 is 0.967 bits per heavy atom. The zero-order chi connectivity index (χ0) is 21.3. The maximum atomic E-state index is 14.0. The number of benzene rings is 3. The summed E-state index contributed by atoms with van der Waals surface area (Å²) in [5.74, 6) is -1.18. The van der Waals surface area contributed by atoms with Crippen LogP contribution in [-0.2, 0) is 27.8 Å². The number of sulfonamides is 1. The van der Waals surface area contributed by atoms with Crippen LogP contribution in [0.5, 0.6) is 0 Å². The molecule has 0 bridgehead atoms. The summed E-state index contributed by atoms with van der Waals surface area (Å²) < 4.78 is 41.9. The minimum Gasteiger partial charge on any atom is -0.322 e. The van der Waals surface area contributed by atoms with E-state index >= 15 is 0 Å². The summed E-state index contributed by atoms with van der Waals surface area (Å²) in [7, 11) is -4.00. The minimum absolute atomic E-state index is 0.00481. The molecule has 0 aromatic heterocycles. The van der Waals surface area contributed by atoms with Crippen molar-refractivity contribution in [2.45, 2.75) is 23.9 Å². The van der Waals surface area contributed by atoms with Crippen molar-refractivity contribution in [3.05, 3.63) is 94.8 Å². The van der Waals surface area contributed by atoms with E-state index in [1.54, 1.807) is 6.07 Å². The molecule has 1 N–H and O–H groups in total. The van der Waals surface area contributed by atoms with Gasteiger partial charge in [-0.25, -0.2) is 12.8 Å². The predicted molar refractivity (Wildman–Crippen MR) is 113 cm³/mol. The van der Waals surface area contributed by atoms with E-state index in [1.807, 2.05) is 24.3 Å². The van der Waals surface area contributed by atoms with Crippen LogP contribution >= 0.6 is 11.6 Å². The lowest BCUT2D eigenvalue weighted by molar-refractivity contribution is -0.120. The summed E-state index contributed by atoms with van der Waals surface area (Å²) in [5, 5.41) is 2.94. The highest BCUT2D eigenvalue weighted by atomic mass is 35.5. The molecule has 0 unspecified atom stereocenters. The van der Waals surface area contributed by atoms with Gasteiger partial charge in [-0.1, -0.05) is 48.0 Å². The van der Waals surface area contributed by atoms with E-state index in [-0.39, 0.29) is 23.5 Å². The molecule has 30 heavy (non-hydrogen) atoms. The number of para-hydroxylation sites is 1. The van der Waals surface area contributed by atoms with Gasteiger partial charge < -0.3 is 5.32 Å². The smallest absolute Gasteiger partial charge is 0.244 e. The summed E-state index contributed by atoms with van der Waals surface area (Å²) >= 11 is 5.89. The lowest BCUT2D eigenvalue weighted by Gasteiger charge is -2.35. The zero-order valence-corrected chi connectivity index (χ0v) is 17.3. The number of amides is 1. The second-order valence-corrected chi connectivity index (χ2v) is 9.29. The molecule has 8 heteroatoms. The van der Waals surface area contributed by atoms with Gasteiger partial charge in [-0.05, 0) is 53.9 Å². The third-order valence-electron chi connectivity index (χ3n) is 5.06. The first-order valence-corrected chi connectivity index (χ1v) is 11.1. The average Bonchev–Trinajstić information content (AvgIpc) is 2.74. The highest BCUT2D eigenvalue weighted by Gasteiger charge is 2.39. The molecule has 5 nitrogen and oxygen atoms in total. The second kappa shape index (κ2) is 8.18. The van der Waals surface area contributed by atoms with Gasteiger partial charge in [0, 0.05) is 11.6 Å². The summed E-state index contributed by atoms with van der Waals surface area (Å²) in [6, 6.07) is 17.9. The van der Waals surface area contributed by atoms with Gasteiger partial charge >= 0.3 is 0 Å². The van der Waals surface area contributed by atoms with Gasteiger partial charge in [0.05, 0.1) is 10.6 Å². The SMILES string of the molecule is O=C(Nc1ccccc1F)[C@H]1Cc2ccccc2CN1S(=O)(=O)c1ccc(Cl)cc1. The minimum atomic E-state index is -4.00. The molecule has 0 spiro atoms. The Bertz CT molecular complexity index is 1200. The molecule has 0 radical (unpaired) electrons. The number of hydrogen-bond acceptors (Lipinski definition) is 3. The van der Waals surface area contributed by atoms with E-state index in [2.05, 4.69) is 5.32 Å². The molecule has 0 saturated heterocycles. The van der Waals surface area contributed by atoms with Crippen LogP contribution in [0.25, 0.3) is 0 Å². The van der Waals surface area contributed by atoms with Gasteiger partial charge in [0.25, 0.3) is 0 Å². The number of fused-ring (bicyclic) bond motifs is 1. The van der Waals surface area contributed by atoms with Crippen LogP contribution in [-0.4, -0.2) is 24.7 Å². The average molecular weight is 445 g/mol. The van der Waals surface area contributed by atoms with Gasteiger partial charge in [0.1, 0.15) is 11.9 Å². The van der Waals surface area contributed by atoms with Gasteiger partial charge in [0.2, 0.25) is 15.9 Å². The molecular weight excluding hydrogens is 427 g/mol. The topological polar surface area (TPSA) is 66.5 Å². The van der Waals surface area contributed by atoms with Crippen molar-refractivity contribution in [1.29, 1.82) is 0 Å². The molecule has 0 fully saturated rings. The fraction of sp³-hybridized carbons (Fsp3) is 0.136. The fourth-order valence-electron chi connectivity index (χ4n) is 3.50. The van der Waals surface area contributed by atoms with E-state index in [9.17, 15) is 17.6 Å². The van der Waals surface area contributed by atoms with E-state index in [0.717, 1.165) is 15.4 Å². The summed E-state index contributed by atoms with van der Waals surface area (Å²) in [5.41, 5.74) is 1.71. The van der Waals surface area contributed by atoms with Crippen molar-refractivity contribution in [2.75, 3.05) is 5.32 Å². The van der Waals surface area contributed by atoms with Gasteiger partial charge in [-0.15, -0.1) is 0 Å². The molecule has 1 aliphatic heterocycles. The van der Waals surface area contributed by atoms with E-state index in [4.69, 9.17) is 11.6 Å². The van der Waals surface area contributed by atoms with Crippen molar-refractivity contribution in [2.24, 2.45) is 0 Å². The second-order valence-electron chi connectivity index (χ2n) is 6.96. The van der Waals surface area contributed by atoms with Crippen LogP contribution in [0.1, 0.15) is 11.1 Å². The van der Waals surface area contributed by atoms with Crippen LogP contribution in [0.3, 0.4) is 0 Å². The first kappa shape index (κ1) is 20.5. The number of hydrogen-bond donors (Lipinski definition) is 1. The molecule has 154 valence electrons. The molecule has 0 aliphatic carbocycles. The van der Waals surface area contributed by atoms with Gasteiger partial charge in [-0.3, -0.25) is 4.79 Å². The lowest BCUT2D eigenvalue weighted by Crippen LogP contribution is -2.50. The number of nitrogens with zero attached hydrogens (tertiary/aromatic N) is 1. The third kappa shape index (κ3) is 3.96. The Morgan fingerprint density at radius 2 is 1.60 bits per heavy atom. The van der Waals surface area contributed by atoms with Gasteiger partial charge in [-0.2, -0.15) is 4.31 Å². The maximum absolute atomic E-state index is 14.0. The maximum Gasteiger partial charge on any atom is 0.244 e. The molecule has 1 heterocycles. The molecule has 4 rings (SSSR count). The standard InChI is InChI=1S/C22H18ClFN2O3S/c23-17-9-11-18(12-10-17)30(28,29)26-14-16-6-2-1-5-15(16)13-21(26)22(27)25-20-8-4-3-7-19(20)24/h1-12,21H,13-14H2,(H,25,27)/t21-/m1/s1. The first-order valence-electron chi connectivity index (χ1n) is 9.26. The number of nitrogens with one attached hydrogen (secondary N) is 1. The Kier molecular flexibility index (Phi) is 5.60. The zero-order valence-electron chi connectivity index (χ0n) is 15.8. The molecule has 1 amide bonds. The number of anilines is 1. The molecule has 1 atom stereocenters. The molecule has 1 aliphatic rings. The molecule has 3 aromatic carbocycles. The van der Waals surface area contributed by atoms with Crippen LogP contribution in [0.4, 0.5) is 10.1 Å². The summed E-state index contributed by atoms with van der Waals surface area (Å²) in [6.07, 6.45) is 0.184. The fourth-order valence-corrected chi connectivity index (χ4v) is 5.19. The van der Waals surface area contributed by atoms with E-state index < -0.39 is 27.8 Å². The quantitative estimate of drug-likeness (QED) is 0.654. The lowest BCUT2D eigenvalue weighted by atomic mass is 9.95. The number of carbonyl (C=O) groups excluding carboxylic acids is 1. The number of carbonyl (C=O) groups is 1. The Hall–Kier alpha value is -2.74. The van der Waals surface area contributed by atoms with Crippen molar-refractivity contribution in [3.63, 3.8) is 0 Å². The highest BCUT2D eigenvalue weighted by molar-refractivity contribution is 7.89. The highest BCUT2D eigenvalue weighted by Crippen LogP contribution is 2.30. The third-order valence-corrected chi connectivity index (χ3v) is 7.18. The summed E-state index contributed by atoms with van der Waals surface area (Å²) in [4.78, 5) is 13.1. The van der Waals surface area contributed by atoms with Crippen LogP contribution in [0.2, 0.25) is 5.02 Å². The van der Waals surface area contributed by atoms with Crippen molar-refractivity contribution in [1.82, 2.24) is 4.31 Å². The molecule has 0 saturated carbocycles. The van der Waals surface area contributed by atoms with E-state index in [0.29, 0.717) is 5.02 Å². The number of rotatable bonds is 4. The van der Waals surface area contributed by atoms with E-state index in [1.165, 1.54) is 42.5 Å². The largest absolute Gasteiger partial charge is 0.322 e. The Morgan fingerprint density at radius 3 is 2.30 bits per heavy atom. The van der Waals surface area contributed by atoms with Crippen molar-refractivity contribution < 1.29 is 17.6 Å². The van der Waals surface area contributed by atoms with Crippen LogP contribution < -0.4 is 5.32 Å². The van der Waals surface area contributed by atoms with Crippen LogP contribution in [0.15, 0.2) is 77.7 Å². The normalized spacial score (nSPS) is 16.7. The Labute approximate surface area is 179 Å². The van der Waals surface area contributed by atoms with Crippen LogP contribution in [0, 0.1) is 5.82 Å². The predicted octanol–water partition coefficient (Wildman–Crippen LogP) is 4.23. The monoisotopic (exact) mass is 444 g/mol. The Balaban J connectivity index is 1.73. The number of halogens is 2. The molecule has 3 aromatic rings. The van der Waals surface area contributed by atoms with Crippen molar-refractivity contribution in [3.8, 4) is 0 Å². The van der Waals surface area contributed by atoms with Crippen molar-refractivity contribution >= 4 is 33.2 Å². The first-order chi connectivity index (χ1) is 14.4. The molecular formula is C22H18ClFN2O3S.